The van der Waals surface area contributed by atoms with Crippen molar-refractivity contribution in [2.45, 2.75) is 25.2 Å². The van der Waals surface area contributed by atoms with E-state index in [4.69, 9.17) is 15.2 Å². The maximum atomic E-state index is 11.6. The molecular weight excluding hydrogens is 184 g/mol. The summed E-state index contributed by atoms with van der Waals surface area (Å²) in [6, 6.07) is -0.455. The molecule has 0 radical (unpaired) electrons. The summed E-state index contributed by atoms with van der Waals surface area (Å²) in [5.74, 6) is -0.0494. The van der Waals surface area contributed by atoms with Crippen LogP contribution in [-0.4, -0.2) is 56.4 Å². The van der Waals surface area contributed by atoms with Crippen molar-refractivity contribution in [2.75, 3.05) is 27.3 Å². The Bertz CT molecular complexity index is 196. The lowest BCUT2D eigenvalue weighted by Crippen LogP contribution is -2.41. The molecule has 0 unspecified atom stereocenters. The Balaban J connectivity index is 2.57. The van der Waals surface area contributed by atoms with Gasteiger partial charge >= 0.3 is 0 Å². The monoisotopic (exact) mass is 202 g/mol. The average Bonchev–Trinajstić information content (AvgIpc) is 2.59. The molecule has 0 saturated carbocycles. The third-order valence-corrected chi connectivity index (χ3v) is 2.52. The standard InChI is InChI=1S/C9H18N2O3/c1-6(10)9(12)11-4-7(13-2)8(5-11)14-3/h6-8H,4-5,10H2,1-3H3/t6-,7-,8+/m0/s1. The van der Waals surface area contributed by atoms with Crippen LogP contribution in [0.15, 0.2) is 0 Å². The van der Waals surface area contributed by atoms with E-state index in [0.717, 1.165) is 0 Å². The van der Waals surface area contributed by atoms with Crippen LogP contribution in [0.25, 0.3) is 0 Å². The number of nitrogens with two attached hydrogens (primary N) is 1. The van der Waals surface area contributed by atoms with Crippen molar-refractivity contribution in [1.82, 2.24) is 4.90 Å². The highest BCUT2D eigenvalue weighted by atomic mass is 16.5. The van der Waals surface area contributed by atoms with Gasteiger partial charge in [0.1, 0.15) is 12.2 Å². The molecule has 1 heterocycles. The summed E-state index contributed by atoms with van der Waals surface area (Å²) in [7, 11) is 3.24. The summed E-state index contributed by atoms with van der Waals surface area (Å²) in [5.41, 5.74) is 5.52. The Labute approximate surface area is 84.1 Å². The molecule has 1 rings (SSSR count). The van der Waals surface area contributed by atoms with Gasteiger partial charge in [-0.05, 0) is 6.92 Å². The van der Waals surface area contributed by atoms with Gasteiger partial charge in [-0.15, -0.1) is 0 Å². The van der Waals surface area contributed by atoms with E-state index < -0.39 is 6.04 Å². The van der Waals surface area contributed by atoms with Crippen molar-refractivity contribution >= 4 is 5.91 Å². The third-order valence-electron chi connectivity index (χ3n) is 2.52. The van der Waals surface area contributed by atoms with E-state index in [0.29, 0.717) is 13.1 Å². The average molecular weight is 202 g/mol. The van der Waals surface area contributed by atoms with Gasteiger partial charge in [-0.25, -0.2) is 0 Å². The van der Waals surface area contributed by atoms with Crippen LogP contribution in [0.2, 0.25) is 0 Å². The number of carbonyl (C=O) groups is 1. The maximum absolute atomic E-state index is 11.6. The van der Waals surface area contributed by atoms with Crippen molar-refractivity contribution in [3.63, 3.8) is 0 Å². The predicted molar refractivity (Wildman–Crippen MR) is 51.8 cm³/mol. The zero-order chi connectivity index (χ0) is 10.7. The summed E-state index contributed by atoms with van der Waals surface area (Å²) in [6.07, 6.45) is -0.0783. The van der Waals surface area contributed by atoms with Gasteiger partial charge < -0.3 is 20.1 Å². The van der Waals surface area contributed by atoms with E-state index in [9.17, 15) is 4.79 Å². The fourth-order valence-electron chi connectivity index (χ4n) is 1.66. The second kappa shape index (κ2) is 4.72. The van der Waals surface area contributed by atoms with Gasteiger partial charge in [-0.2, -0.15) is 0 Å². The number of rotatable bonds is 3. The molecule has 5 heteroatoms. The molecule has 2 N–H and O–H groups in total. The van der Waals surface area contributed by atoms with Gasteiger partial charge in [-0.3, -0.25) is 4.79 Å². The largest absolute Gasteiger partial charge is 0.377 e. The zero-order valence-electron chi connectivity index (χ0n) is 8.90. The second-order valence-electron chi connectivity index (χ2n) is 3.58. The smallest absolute Gasteiger partial charge is 0.239 e. The first kappa shape index (κ1) is 11.4. The number of carbonyl (C=O) groups excluding carboxylic acids is 1. The lowest BCUT2D eigenvalue weighted by molar-refractivity contribution is -0.131. The predicted octanol–water partition coefficient (Wildman–Crippen LogP) is -0.794. The number of nitrogens with zero attached hydrogens (tertiary/aromatic N) is 1. The summed E-state index contributed by atoms with van der Waals surface area (Å²) < 4.78 is 10.4. The number of ether oxygens (including phenoxy) is 2. The molecule has 0 aromatic carbocycles. The molecule has 0 aromatic rings. The molecule has 0 spiro atoms. The first-order chi connectivity index (χ1) is 6.60. The number of amides is 1. The topological polar surface area (TPSA) is 64.8 Å². The van der Waals surface area contributed by atoms with Crippen molar-refractivity contribution in [3.05, 3.63) is 0 Å². The van der Waals surface area contributed by atoms with E-state index in [-0.39, 0.29) is 18.1 Å². The quantitative estimate of drug-likeness (QED) is 0.651. The number of methoxy groups -OCH3 is 2. The Hall–Kier alpha value is -0.650. The molecule has 1 aliphatic rings. The third kappa shape index (κ3) is 2.23. The van der Waals surface area contributed by atoms with Gasteiger partial charge in [0.15, 0.2) is 0 Å². The van der Waals surface area contributed by atoms with Crippen LogP contribution in [0, 0.1) is 0 Å². The first-order valence-electron chi connectivity index (χ1n) is 4.70. The molecule has 1 aliphatic heterocycles. The van der Waals surface area contributed by atoms with E-state index in [1.807, 2.05) is 0 Å². The molecule has 1 amide bonds. The van der Waals surface area contributed by atoms with Crippen LogP contribution in [0.4, 0.5) is 0 Å². The minimum atomic E-state index is -0.455. The summed E-state index contributed by atoms with van der Waals surface area (Å²) in [6.45, 7) is 2.81. The van der Waals surface area contributed by atoms with Gasteiger partial charge in [0, 0.05) is 27.3 Å². The molecule has 82 valence electrons. The molecule has 0 aromatic heterocycles. The van der Waals surface area contributed by atoms with Gasteiger partial charge in [0.05, 0.1) is 6.04 Å². The van der Waals surface area contributed by atoms with E-state index >= 15 is 0 Å². The fraction of sp³-hybridized carbons (Fsp3) is 0.889. The zero-order valence-corrected chi connectivity index (χ0v) is 8.90. The highest BCUT2D eigenvalue weighted by Crippen LogP contribution is 2.16. The van der Waals surface area contributed by atoms with Crippen LogP contribution in [0.1, 0.15) is 6.92 Å². The van der Waals surface area contributed by atoms with E-state index in [1.54, 1.807) is 26.0 Å². The molecule has 1 saturated heterocycles. The lowest BCUT2D eigenvalue weighted by Gasteiger charge is -2.17. The van der Waals surface area contributed by atoms with Crippen LogP contribution in [0.5, 0.6) is 0 Å². The summed E-state index contributed by atoms with van der Waals surface area (Å²) in [5, 5.41) is 0. The normalized spacial score (nSPS) is 29.3. The molecule has 3 atom stereocenters. The number of hydrogen-bond donors (Lipinski definition) is 1. The van der Waals surface area contributed by atoms with Gasteiger partial charge in [0.25, 0.3) is 0 Å². The minimum Gasteiger partial charge on any atom is -0.377 e. The van der Waals surface area contributed by atoms with Crippen molar-refractivity contribution in [1.29, 1.82) is 0 Å². The van der Waals surface area contributed by atoms with Gasteiger partial charge in [0.2, 0.25) is 5.91 Å². The van der Waals surface area contributed by atoms with Crippen LogP contribution in [0.3, 0.4) is 0 Å². The molecule has 0 bridgehead atoms. The van der Waals surface area contributed by atoms with Crippen molar-refractivity contribution in [2.24, 2.45) is 5.73 Å². The minimum absolute atomic E-state index is 0.0392. The highest BCUT2D eigenvalue weighted by molar-refractivity contribution is 5.81. The Morgan fingerprint density at radius 3 is 2.07 bits per heavy atom. The Morgan fingerprint density at radius 1 is 1.36 bits per heavy atom. The number of hydrogen-bond acceptors (Lipinski definition) is 4. The van der Waals surface area contributed by atoms with Crippen LogP contribution in [-0.2, 0) is 14.3 Å². The van der Waals surface area contributed by atoms with E-state index in [2.05, 4.69) is 0 Å². The van der Waals surface area contributed by atoms with Gasteiger partial charge in [-0.1, -0.05) is 0 Å². The van der Waals surface area contributed by atoms with Crippen molar-refractivity contribution < 1.29 is 14.3 Å². The lowest BCUT2D eigenvalue weighted by atomic mass is 10.3. The summed E-state index contributed by atoms with van der Waals surface area (Å²) in [4.78, 5) is 13.2. The highest BCUT2D eigenvalue weighted by Gasteiger charge is 2.36. The first-order valence-corrected chi connectivity index (χ1v) is 4.70. The maximum Gasteiger partial charge on any atom is 0.239 e. The SMILES string of the molecule is CO[C@H]1CN(C(=O)[C@H](C)N)C[C@H]1OC. The van der Waals surface area contributed by atoms with Crippen LogP contribution < -0.4 is 5.73 Å². The summed E-state index contributed by atoms with van der Waals surface area (Å²) >= 11 is 0. The molecular formula is C9H18N2O3. The van der Waals surface area contributed by atoms with Crippen molar-refractivity contribution in [3.8, 4) is 0 Å². The Morgan fingerprint density at radius 2 is 1.79 bits per heavy atom. The molecule has 14 heavy (non-hydrogen) atoms. The second-order valence-corrected chi connectivity index (χ2v) is 3.58. The fourth-order valence-corrected chi connectivity index (χ4v) is 1.66. The number of likely N-dealkylation sites (tertiary alicyclic amines) is 1. The van der Waals surface area contributed by atoms with E-state index in [1.165, 1.54) is 0 Å². The Kier molecular flexibility index (Phi) is 3.86. The molecule has 5 nitrogen and oxygen atoms in total. The molecule has 1 fully saturated rings. The molecule has 0 aliphatic carbocycles. The van der Waals surface area contributed by atoms with Crippen LogP contribution >= 0.6 is 0 Å².